The van der Waals surface area contributed by atoms with Crippen molar-refractivity contribution < 1.29 is 29.1 Å². The van der Waals surface area contributed by atoms with E-state index in [4.69, 9.17) is 15.0 Å². The molecule has 0 fully saturated rings. The summed E-state index contributed by atoms with van der Waals surface area (Å²) < 4.78 is 10.1. The maximum absolute atomic E-state index is 10.4. The normalized spacial score (nSPS) is 11.6. The number of rotatable bonds is 4. The van der Waals surface area contributed by atoms with Crippen molar-refractivity contribution in [1.82, 2.24) is 5.06 Å². The minimum atomic E-state index is -4.80. The largest absolute Gasteiger partial charge is 0.395 e. The highest BCUT2D eigenvalue weighted by atomic mass is 31.2. The van der Waals surface area contributed by atoms with Gasteiger partial charge in [-0.05, 0) is 0 Å². The first kappa shape index (κ1) is 11.0. The summed E-state index contributed by atoms with van der Waals surface area (Å²) in [6.07, 6.45) is 0.868. The lowest BCUT2D eigenvalue weighted by atomic mass is 10.7. The monoisotopic (exact) mass is 195 g/mol. The van der Waals surface area contributed by atoms with Crippen molar-refractivity contribution in [3.05, 3.63) is 12.3 Å². The Balaban J connectivity index is 4.29. The molecule has 0 aliphatic carbocycles. The number of hydrogen-bond acceptors (Lipinski definition) is 4. The summed E-state index contributed by atoms with van der Waals surface area (Å²) >= 11 is 0. The molecular weight excluding hydrogens is 189 g/mol. The third kappa shape index (κ3) is 3.99. The van der Waals surface area contributed by atoms with Crippen LogP contribution in [0, 0.1) is 0 Å². The molecule has 0 rings (SSSR count). The maximum Gasteiger partial charge on any atom is 0.395 e. The standard InChI is InChI=1S/C4H6NO6P/c6-3-5(8)2-1-4(7)12(9,10)11/h1-3,8H,(H2,9,10,11)/b2-1+. The smallest absolute Gasteiger partial charge is 0.319 e. The second-order valence-corrected chi connectivity index (χ2v) is 3.21. The SMILES string of the molecule is O=CN(O)/C=C/C(=O)P(=O)(O)O. The van der Waals surface area contributed by atoms with Gasteiger partial charge in [-0.1, -0.05) is 0 Å². The van der Waals surface area contributed by atoms with E-state index in [0.717, 1.165) is 0 Å². The van der Waals surface area contributed by atoms with Gasteiger partial charge in [0.1, 0.15) is 0 Å². The van der Waals surface area contributed by atoms with Gasteiger partial charge in [0, 0.05) is 12.3 Å². The van der Waals surface area contributed by atoms with Crippen LogP contribution < -0.4 is 0 Å². The van der Waals surface area contributed by atoms with Gasteiger partial charge in [-0.3, -0.25) is 19.4 Å². The number of hydroxylamine groups is 2. The van der Waals surface area contributed by atoms with E-state index in [0.29, 0.717) is 12.3 Å². The van der Waals surface area contributed by atoms with Crippen LogP contribution in [0.3, 0.4) is 0 Å². The fourth-order valence-electron chi connectivity index (χ4n) is 0.272. The first-order chi connectivity index (χ1) is 5.38. The molecule has 12 heavy (non-hydrogen) atoms. The Morgan fingerprint density at radius 2 is 1.92 bits per heavy atom. The number of hydrogen-bond donors (Lipinski definition) is 3. The molecule has 0 atom stereocenters. The second kappa shape index (κ2) is 4.13. The highest BCUT2D eigenvalue weighted by Gasteiger charge is 2.22. The third-order valence-electron chi connectivity index (χ3n) is 0.765. The van der Waals surface area contributed by atoms with Crippen molar-refractivity contribution in [1.29, 1.82) is 0 Å². The average Bonchev–Trinajstić information content (AvgIpc) is 1.97. The fraction of sp³-hybridized carbons (Fsp3) is 0. The van der Waals surface area contributed by atoms with E-state index in [1.165, 1.54) is 0 Å². The predicted molar refractivity (Wildman–Crippen MR) is 35.9 cm³/mol. The summed E-state index contributed by atoms with van der Waals surface area (Å²) in [6.45, 7) is 0. The Bertz CT molecular complexity index is 254. The molecular formula is C4H6NO6P. The van der Waals surface area contributed by atoms with Crippen molar-refractivity contribution in [3.8, 4) is 0 Å². The Labute approximate surface area is 67.0 Å². The summed E-state index contributed by atoms with van der Waals surface area (Å²) in [4.78, 5) is 36.5. The molecule has 0 aromatic rings. The number of carbonyl (C=O) groups excluding carboxylic acids is 2. The lowest BCUT2D eigenvalue weighted by Crippen LogP contribution is -2.08. The molecule has 0 bridgehead atoms. The van der Waals surface area contributed by atoms with E-state index in [1.807, 2.05) is 0 Å². The van der Waals surface area contributed by atoms with Crippen molar-refractivity contribution in [2.45, 2.75) is 0 Å². The molecule has 0 aromatic carbocycles. The van der Waals surface area contributed by atoms with Crippen LogP contribution in [0.15, 0.2) is 12.3 Å². The molecule has 0 radical (unpaired) electrons. The van der Waals surface area contributed by atoms with Gasteiger partial charge in [0.2, 0.25) is 6.41 Å². The highest BCUT2D eigenvalue weighted by Crippen LogP contribution is 2.35. The molecule has 0 unspecified atom stereocenters. The molecule has 0 aliphatic rings. The van der Waals surface area contributed by atoms with Crippen LogP contribution in [0.2, 0.25) is 0 Å². The zero-order valence-corrected chi connectivity index (χ0v) is 6.59. The topological polar surface area (TPSA) is 115 Å². The summed E-state index contributed by atoms with van der Waals surface area (Å²) in [6, 6.07) is 0. The van der Waals surface area contributed by atoms with Crippen LogP contribution in [-0.2, 0) is 14.2 Å². The van der Waals surface area contributed by atoms with Crippen molar-refractivity contribution in [2.24, 2.45) is 0 Å². The minimum absolute atomic E-state index is 0.0481. The van der Waals surface area contributed by atoms with Crippen LogP contribution in [-0.4, -0.2) is 32.0 Å². The number of nitrogens with zero attached hydrogens (tertiary/aromatic N) is 1. The van der Waals surface area contributed by atoms with Crippen molar-refractivity contribution in [3.63, 3.8) is 0 Å². The van der Waals surface area contributed by atoms with Gasteiger partial charge in [0.05, 0.1) is 0 Å². The second-order valence-electron chi connectivity index (χ2n) is 1.68. The molecule has 0 spiro atoms. The average molecular weight is 195 g/mol. The summed E-state index contributed by atoms with van der Waals surface area (Å²) in [7, 11) is -4.80. The predicted octanol–water partition coefficient (Wildman–Crippen LogP) is -0.948. The molecule has 1 amide bonds. The van der Waals surface area contributed by atoms with Gasteiger partial charge in [0.15, 0.2) is 0 Å². The summed E-state index contributed by atoms with van der Waals surface area (Å²) in [5, 5.41) is 8.30. The molecule has 0 saturated carbocycles. The Morgan fingerprint density at radius 1 is 1.42 bits per heavy atom. The molecule has 0 saturated heterocycles. The summed E-state index contributed by atoms with van der Waals surface area (Å²) in [5.41, 5.74) is -1.48. The first-order valence-corrected chi connectivity index (χ1v) is 4.20. The number of allylic oxidation sites excluding steroid dienone is 1. The van der Waals surface area contributed by atoms with Crippen LogP contribution in [0.25, 0.3) is 0 Å². The lowest BCUT2D eigenvalue weighted by Gasteiger charge is -1.99. The molecule has 0 heterocycles. The first-order valence-electron chi connectivity index (χ1n) is 2.58. The molecule has 7 nitrogen and oxygen atoms in total. The quantitative estimate of drug-likeness (QED) is 0.175. The van der Waals surface area contributed by atoms with E-state index >= 15 is 0 Å². The van der Waals surface area contributed by atoms with Gasteiger partial charge < -0.3 is 9.79 Å². The van der Waals surface area contributed by atoms with Crippen LogP contribution in [0.5, 0.6) is 0 Å². The number of amides is 1. The van der Waals surface area contributed by atoms with E-state index in [2.05, 4.69) is 0 Å². The summed E-state index contributed by atoms with van der Waals surface area (Å²) in [5.74, 6) is 0. The van der Waals surface area contributed by atoms with E-state index < -0.39 is 13.1 Å². The molecule has 0 aliphatic heterocycles. The van der Waals surface area contributed by atoms with E-state index in [9.17, 15) is 14.2 Å². The fourth-order valence-corrected chi connectivity index (χ4v) is 0.533. The Kier molecular flexibility index (Phi) is 3.78. The zero-order valence-electron chi connectivity index (χ0n) is 5.69. The van der Waals surface area contributed by atoms with Crippen LogP contribution in [0.4, 0.5) is 0 Å². The van der Waals surface area contributed by atoms with Gasteiger partial charge in [0.25, 0.3) is 5.52 Å². The van der Waals surface area contributed by atoms with Gasteiger partial charge in [-0.25, -0.2) is 5.06 Å². The third-order valence-corrected chi connectivity index (χ3v) is 1.49. The number of carbonyl (C=O) groups is 2. The van der Waals surface area contributed by atoms with Crippen LogP contribution >= 0.6 is 7.60 Å². The van der Waals surface area contributed by atoms with Crippen molar-refractivity contribution in [2.75, 3.05) is 0 Å². The zero-order chi connectivity index (χ0) is 9.78. The molecule has 8 heteroatoms. The van der Waals surface area contributed by atoms with Crippen LogP contribution in [0.1, 0.15) is 0 Å². The van der Waals surface area contributed by atoms with E-state index in [-0.39, 0.29) is 11.5 Å². The molecule has 0 aromatic heterocycles. The van der Waals surface area contributed by atoms with Crippen molar-refractivity contribution >= 4 is 19.5 Å². The Hall–Kier alpha value is -1.01. The molecule has 68 valence electrons. The van der Waals surface area contributed by atoms with Gasteiger partial charge in [-0.2, -0.15) is 0 Å². The minimum Gasteiger partial charge on any atom is -0.319 e. The maximum atomic E-state index is 10.4. The van der Waals surface area contributed by atoms with Gasteiger partial charge in [-0.15, -0.1) is 0 Å². The van der Waals surface area contributed by atoms with E-state index in [1.54, 1.807) is 0 Å². The highest BCUT2D eigenvalue weighted by molar-refractivity contribution is 7.70. The Morgan fingerprint density at radius 3 is 2.25 bits per heavy atom. The lowest BCUT2D eigenvalue weighted by molar-refractivity contribution is -0.138. The van der Waals surface area contributed by atoms with Gasteiger partial charge >= 0.3 is 7.60 Å². The molecule has 3 N–H and O–H groups in total.